The minimum atomic E-state index is -0.165. The zero-order valence-electron chi connectivity index (χ0n) is 12.7. The number of anilines is 2. The fourth-order valence-corrected chi connectivity index (χ4v) is 3.01. The normalized spacial score (nSPS) is 10.5. The van der Waals surface area contributed by atoms with E-state index in [1.165, 1.54) is 18.3 Å². The molecule has 5 nitrogen and oxygen atoms in total. The highest BCUT2D eigenvalue weighted by Crippen LogP contribution is 2.28. The molecule has 0 bridgehead atoms. The van der Waals surface area contributed by atoms with Crippen LogP contribution in [0, 0.1) is 6.92 Å². The average molecular weight is 325 g/mol. The predicted molar refractivity (Wildman–Crippen MR) is 93.1 cm³/mol. The molecular formula is C17H15N3O2S. The Labute approximate surface area is 137 Å². The van der Waals surface area contributed by atoms with Crippen LogP contribution in [0.15, 0.2) is 42.5 Å². The number of nitrogens with zero attached hydrogens (tertiary/aromatic N) is 1. The standard InChI is InChI=1S/C17H15N3O2S/c1-10-3-5-12(6-4-10)16(22)19-13-7-8-15-14(9-13)20-17(23-15)18-11(2)21/h3-9H,1-2H3,(H,19,22)(H,18,20,21). The Balaban J connectivity index is 1.81. The van der Waals surface area contributed by atoms with E-state index in [0.717, 1.165) is 15.8 Å². The molecule has 1 aromatic heterocycles. The molecule has 0 spiro atoms. The number of nitrogens with one attached hydrogen (secondary N) is 2. The Morgan fingerprint density at radius 3 is 2.48 bits per heavy atom. The first kappa shape index (κ1) is 15.2. The lowest BCUT2D eigenvalue weighted by Crippen LogP contribution is -2.11. The maximum atomic E-state index is 12.2. The van der Waals surface area contributed by atoms with Crippen molar-refractivity contribution < 1.29 is 9.59 Å². The summed E-state index contributed by atoms with van der Waals surface area (Å²) in [5.41, 5.74) is 3.12. The Hall–Kier alpha value is -2.73. The lowest BCUT2D eigenvalue weighted by molar-refractivity contribution is -0.114. The Morgan fingerprint density at radius 1 is 1.04 bits per heavy atom. The summed E-state index contributed by atoms with van der Waals surface area (Å²) in [5, 5.41) is 6.08. The van der Waals surface area contributed by atoms with Crippen molar-refractivity contribution in [2.75, 3.05) is 10.6 Å². The molecule has 0 radical (unpaired) electrons. The van der Waals surface area contributed by atoms with E-state index in [0.29, 0.717) is 16.4 Å². The van der Waals surface area contributed by atoms with Gasteiger partial charge in [0.05, 0.1) is 10.2 Å². The van der Waals surface area contributed by atoms with Crippen LogP contribution in [-0.4, -0.2) is 16.8 Å². The van der Waals surface area contributed by atoms with Gasteiger partial charge in [-0.15, -0.1) is 0 Å². The third-order valence-electron chi connectivity index (χ3n) is 3.24. The maximum absolute atomic E-state index is 12.2. The van der Waals surface area contributed by atoms with Crippen molar-refractivity contribution >= 4 is 44.2 Å². The highest BCUT2D eigenvalue weighted by atomic mass is 32.1. The summed E-state index contributed by atoms with van der Waals surface area (Å²) in [5.74, 6) is -0.321. The predicted octanol–water partition coefficient (Wildman–Crippen LogP) is 3.82. The third kappa shape index (κ3) is 3.54. The molecule has 2 amide bonds. The van der Waals surface area contributed by atoms with E-state index >= 15 is 0 Å². The van der Waals surface area contributed by atoms with Crippen molar-refractivity contribution in [2.24, 2.45) is 0 Å². The molecule has 1 heterocycles. The molecule has 0 aliphatic carbocycles. The van der Waals surface area contributed by atoms with E-state index < -0.39 is 0 Å². The van der Waals surface area contributed by atoms with E-state index in [1.807, 2.05) is 31.2 Å². The summed E-state index contributed by atoms with van der Waals surface area (Å²) < 4.78 is 0.946. The molecule has 0 saturated carbocycles. The Bertz CT molecular complexity index is 884. The first-order valence-electron chi connectivity index (χ1n) is 7.07. The molecule has 6 heteroatoms. The number of benzene rings is 2. The van der Waals surface area contributed by atoms with E-state index in [9.17, 15) is 9.59 Å². The van der Waals surface area contributed by atoms with E-state index in [-0.39, 0.29) is 11.8 Å². The van der Waals surface area contributed by atoms with Crippen LogP contribution in [0.1, 0.15) is 22.8 Å². The van der Waals surface area contributed by atoms with Gasteiger partial charge in [0.2, 0.25) is 5.91 Å². The molecule has 3 aromatic rings. The van der Waals surface area contributed by atoms with Gasteiger partial charge < -0.3 is 10.6 Å². The second-order valence-corrected chi connectivity index (χ2v) is 6.23. The number of carbonyl (C=O) groups excluding carboxylic acids is 2. The van der Waals surface area contributed by atoms with Crippen LogP contribution in [0.5, 0.6) is 0 Å². The molecule has 0 atom stereocenters. The lowest BCUT2D eigenvalue weighted by Gasteiger charge is -2.05. The van der Waals surface area contributed by atoms with E-state index in [4.69, 9.17) is 0 Å². The quantitative estimate of drug-likeness (QED) is 0.769. The monoisotopic (exact) mass is 325 g/mol. The maximum Gasteiger partial charge on any atom is 0.255 e. The summed E-state index contributed by atoms with van der Waals surface area (Å²) >= 11 is 1.40. The number of fused-ring (bicyclic) bond motifs is 1. The first-order valence-corrected chi connectivity index (χ1v) is 7.89. The van der Waals surface area contributed by atoms with Gasteiger partial charge in [-0.1, -0.05) is 29.0 Å². The van der Waals surface area contributed by atoms with Crippen LogP contribution in [-0.2, 0) is 4.79 Å². The molecule has 0 saturated heterocycles. The van der Waals surface area contributed by atoms with Gasteiger partial charge in [-0.25, -0.2) is 4.98 Å². The number of aryl methyl sites for hydroxylation is 1. The van der Waals surface area contributed by atoms with Crippen LogP contribution in [0.3, 0.4) is 0 Å². The van der Waals surface area contributed by atoms with Crippen LogP contribution in [0.2, 0.25) is 0 Å². The smallest absolute Gasteiger partial charge is 0.255 e. The van der Waals surface area contributed by atoms with E-state index in [2.05, 4.69) is 15.6 Å². The zero-order valence-corrected chi connectivity index (χ0v) is 13.5. The van der Waals surface area contributed by atoms with Crippen molar-refractivity contribution in [3.05, 3.63) is 53.6 Å². The second-order valence-electron chi connectivity index (χ2n) is 5.20. The SMILES string of the molecule is CC(=O)Nc1nc2cc(NC(=O)c3ccc(C)cc3)ccc2s1. The molecule has 0 aliphatic heterocycles. The summed E-state index contributed by atoms with van der Waals surface area (Å²) in [6.45, 7) is 3.42. The number of amides is 2. The number of carbonyl (C=O) groups is 2. The van der Waals surface area contributed by atoms with Crippen molar-refractivity contribution in [1.82, 2.24) is 4.98 Å². The minimum absolute atomic E-state index is 0.156. The van der Waals surface area contributed by atoms with Gasteiger partial charge in [0.15, 0.2) is 5.13 Å². The number of hydrogen-bond acceptors (Lipinski definition) is 4. The second kappa shape index (κ2) is 6.18. The highest BCUT2D eigenvalue weighted by Gasteiger charge is 2.09. The number of thiazole rings is 1. The Morgan fingerprint density at radius 2 is 1.78 bits per heavy atom. The third-order valence-corrected chi connectivity index (χ3v) is 4.19. The van der Waals surface area contributed by atoms with Gasteiger partial charge in [-0.3, -0.25) is 9.59 Å². The lowest BCUT2D eigenvalue weighted by atomic mass is 10.1. The van der Waals surface area contributed by atoms with Gasteiger partial charge in [0, 0.05) is 18.2 Å². The zero-order chi connectivity index (χ0) is 16.4. The fraction of sp³-hybridized carbons (Fsp3) is 0.118. The number of aromatic nitrogens is 1. The molecule has 2 N–H and O–H groups in total. The van der Waals surface area contributed by atoms with Gasteiger partial charge in [-0.05, 0) is 37.3 Å². The van der Waals surface area contributed by atoms with Crippen LogP contribution < -0.4 is 10.6 Å². The van der Waals surface area contributed by atoms with E-state index in [1.54, 1.807) is 18.2 Å². The van der Waals surface area contributed by atoms with Crippen LogP contribution in [0.4, 0.5) is 10.8 Å². The van der Waals surface area contributed by atoms with Gasteiger partial charge in [-0.2, -0.15) is 0 Å². The first-order chi connectivity index (χ1) is 11.0. The summed E-state index contributed by atoms with van der Waals surface area (Å²) in [7, 11) is 0. The van der Waals surface area contributed by atoms with Gasteiger partial charge >= 0.3 is 0 Å². The molecule has 23 heavy (non-hydrogen) atoms. The minimum Gasteiger partial charge on any atom is -0.322 e. The largest absolute Gasteiger partial charge is 0.322 e. The molecule has 2 aromatic carbocycles. The van der Waals surface area contributed by atoms with Crippen LogP contribution in [0.25, 0.3) is 10.2 Å². The molecule has 0 unspecified atom stereocenters. The number of rotatable bonds is 3. The number of hydrogen-bond donors (Lipinski definition) is 2. The molecule has 0 fully saturated rings. The molecule has 116 valence electrons. The van der Waals surface area contributed by atoms with Crippen molar-refractivity contribution in [3.63, 3.8) is 0 Å². The molecular weight excluding hydrogens is 310 g/mol. The molecule has 3 rings (SSSR count). The van der Waals surface area contributed by atoms with Crippen molar-refractivity contribution in [2.45, 2.75) is 13.8 Å². The summed E-state index contributed by atoms with van der Waals surface area (Å²) in [6.07, 6.45) is 0. The Kier molecular flexibility index (Phi) is 4.08. The summed E-state index contributed by atoms with van der Waals surface area (Å²) in [4.78, 5) is 27.6. The molecule has 0 aliphatic rings. The van der Waals surface area contributed by atoms with Crippen molar-refractivity contribution in [3.8, 4) is 0 Å². The highest BCUT2D eigenvalue weighted by molar-refractivity contribution is 7.22. The van der Waals surface area contributed by atoms with Crippen molar-refractivity contribution in [1.29, 1.82) is 0 Å². The fourth-order valence-electron chi connectivity index (χ4n) is 2.12. The topological polar surface area (TPSA) is 71.1 Å². The van der Waals surface area contributed by atoms with Gasteiger partial charge in [0.1, 0.15) is 0 Å². The average Bonchev–Trinajstić information content (AvgIpc) is 2.88. The van der Waals surface area contributed by atoms with Crippen LogP contribution >= 0.6 is 11.3 Å². The van der Waals surface area contributed by atoms with Gasteiger partial charge in [0.25, 0.3) is 5.91 Å². The summed E-state index contributed by atoms with van der Waals surface area (Å²) in [6, 6.07) is 12.9.